The second kappa shape index (κ2) is 11.4. The number of hydrogen-bond donors (Lipinski definition) is 1. The molecular weight excluding hydrogens is 360 g/mol. The Labute approximate surface area is 175 Å². The van der Waals surface area contributed by atoms with Crippen LogP contribution in [-0.2, 0) is 22.4 Å². The maximum atomic E-state index is 13.3. The maximum absolute atomic E-state index is 13.3. The van der Waals surface area contributed by atoms with Gasteiger partial charge in [-0.15, -0.1) is 0 Å². The van der Waals surface area contributed by atoms with Gasteiger partial charge in [-0.2, -0.15) is 0 Å². The zero-order valence-corrected chi connectivity index (χ0v) is 18.2. The molecule has 0 bridgehead atoms. The summed E-state index contributed by atoms with van der Waals surface area (Å²) in [5.41, 5.74) is 4.45. The lowest BCUT2D eigenvalue weighted by Crippen LogP contribution is -2.50. The van der Waals surface area contributed by atoms with Crippen molar-refractivity contribution in [1.82, 2.24) is 10.2 Å². The first-order valence-electron chi connectivity index (χ1n) is 10.6. The first-order valence-corrected chi connectivity index (χ1v) is 10.6. The quantitative estimate of drug-likeness (QED) is 0.656. The molecule has 0 aliphatic rings. The molecule has 2 aromatic carbocycles. The van der Waals surface area contributed by atoms with E-state index in [0.717, 1.165) is 29.5 Å². The molecule has 0 fully saturated rings. The van der Waals surface area contributed by atoms with Crippen molar-refractivity contribution in [1.29, 1.82) is 0 Å². The van der Waals surface area contributed by atoms with Crippen molar-refractivity contribution in [2.75, 3.05) is 13.1 Å². The summed E-state index contributed by atoms with van der Waals surface area (Å²) >= 11 is 0. The van der Waals surface area contributed by atoms with Gasteiger partial charge in [-0.05, 0) is 49.8 Å². The molecular formula is C25H34N2O2. The van der Waals surface area contributed by atoms with Gasteiger partial charge in [0, 0.05) is 13.1 Å². The maximum Gasteiger partial charge on any atom is 0.242 e. The van der Waals surface area contributed by atoms with Crippen LogP contribution in [0.15, 0.2) is 48.5 Å². The molecule has 0 spiro atoms. The SMILES string of the molecule is CCCNC(=O)[C@H](CC)N(CCc1ccccc1)C(=O)Cc1cc(C)ccc1C. The molecule has 156 valence electrons. The van der Waals surface area contributed by atoms with Gasteiger partial charge in [0.15, 0.2) is 0 Å². The Morgan fingerprint density at radius 3 is 2.41 bits per heavy atom. The number of hydrogen-bond acceptors (Lipinski definition) is 2. The molecule has 0 aromatic heterocycles. The Kier molecular flexibility index (Phi) is 8.91. The number of rotatable bonds is 10. The molecule has 0 aliphatic carbocycles. The van der Waals surface area contributed by atoms with Gasteiger partial charge in [0.2, 0.25) is 11.8 Å². The highest BCUT2D eigenvalue weighted by Gasteiger charge is 2.28. The molecule has 4 heteroatoms. The highest BCUT2D eigenvalue weighted by Crippen LogP contribution is 2.16. The highest BCUT2D eigenvalue weighted by molar-refractivity contribution is 5.88. The third-order valence-corrected chi connectivity index (χ3v) is 5.27. The number of nitrogens with zero attached hydrogens (tertiary/aromatic N) is 1. The lowest BCUT2D eigenvalue weighted by molar-refractivity contribution is -0.140. The standard InChI is InChI=1S/C25H34N2O2/c1-5-15-26-25(29)23(6-2)27(16-14-21-10-8-7-9-11-21)24(28)18-22-17-19(3)12-13-20(22)4/h7-13,17,23H,5-6,14-16,18H2,1-4H3,(H,26,29)/t23-/m0/s1. The number of aryl methyl sites for hydroxylation is 2. The number of amides is 2. The number of carbonyl (C=O) groups is 2. The fourth-order valence-electron chi connectivity index (χ4n) is 3.52. The van der Waals surface area contributed by atoms with E-state index in [1.807, 2.05) is 45.9 Å². The second-order valence-corrected chi connectivity index (χ2v) is 7.64. The number of carbonyl (C=O) groups excluding carboxylic acids is 2. The molecule has 2 aromatic rings. The Balaban J connectivity index is 2.22. The van der Waals surface area contributed by atoms with E-state index in [-0.39, 0.29) is 11.8 Å². The van der Waals surface area contributed by atoms with Gasteiger partial charge < -0.3 is 10.2 Å². The molecule has 0 heterocycles. The predicted octanol–water partition coefficient (Wildman–Crippen LogP) is 4.22. The second-order valence-electron chi connectivity index (χ2n) is 7.64. The number of benzene rings is 2. The van der Waals surface area contributed by atoms with Crippen LogP contribution in [0.2, 0.25) is 0 Å². The smallest absolute Gasteiger partial charge is 0.242 e. The lowest BCUT2D eigenvalue weighted by atomic mass is 10.0. The van der Waals surface area contributed by atoms with Crippen LogP contribution in [0.5, 0.6) is 0 Å². The van der Waals surface area contributed by atoms with Crippen molar-refractivity contribution in [2.45, 2.75) is 59.4 Å². The summed E-state index contributed by atoms with van der Waals surface area (Å²) < 4.78 is 0. The summed E-state index contributed by atoms with van der Waals surface area (Å²) in [5, 5.41) is 2.97. The van der Waals surface area contributed by atoms with Crippen LogP contribution in [0.1, 0.15) is 48.9 Å². The van der Waals surface area contributed by atoms with E-state index in [1.165, 1.54) is 5.56 Å². The number of nitrogens with one attached hydrogen (secondary N) is 1. The predicted molar refractivity (Wildman–Crippen MR) is 119 cm³/mol. The van der Waals surface area contributed by atoms with Gasteiger partial charge in [0.25, 0.3) is 0 Å². The minimum Gasteiger partial charge on any atom is -0.354 e. The van der Waals surface area contributed by atoms with E-state index in [9.17, 15) is 9.59 Å². The van der Waals surface area contributed by atoms with Crippen LogP contribution in [0, 0.1) is 13.8 Å². The molecule has 0 saturated carbocycles. The van der Waals surface area contributed by atoms with E-state index in [2.05, 4.69) is 35.6 Å². The fourth-order valence-corrected chi connectivity index (χ4v) is 3.52. The molecule has 2 rings (SSSR count). The summed E-state index contributed by atoms with van der Waals surface area (Å²) in [6, 6.07) is 15.9. The zero-order valence-electron chi connectivity index (χ0n) is 18.2. The van der Waals surface area contributed by atoms with E-state index in [0.29, 0.717) is 25.9 Å². The molecule has 0 aliphatic heterocycles. The van der Waals surface area contributed by atoms with Crippen LogP contribution in [0.3, 0.4) is 0 Å². The first kappa shape index (κ1) is 22.7. The highest BCUT2D eigenvalue weighted by atomic mass is 16.2. The van der Waals surface area contributed by atoms with Gasteiger partial charge in [-0.1, -0.05) is 67.9 Å². The lowest BCUT2D eigenvalue weighted by Gasteiger charge is -2.31. The first-order chi connectivity index (χ1) is 14.0. The van der Waals surface area contributed by atoms with E-state index < -0.39 is 6.04 Å². The molecule has 0 radical (unpaired) electrons. The van der Waals surface area contributed by atoms with Gasteiger partial charge in [-0.25, -0.2) is 0 Å². The third kappa shape index (κ3) is 6.74. The molecule has 1 N–H and O–H groups in total. The van der Waals surface area contributed by atoms with Crippen LogP contribution >= 0.6 is 0 Å². The summed E-state index contributed by atoms with van der Waals surface area (Å²) in [6.45, 7) is 9.23. The van der Waals surface area contributed by atoms with E-state index in [1.54, 1.807) is 4.90 Å². The van der Waals surface area contributed by atoms with Crippen molar-refractivity contribution in [3.63, 3.8) is 0 Å². The topological polar surface area (TPSA) is 49.4 Å². The minimum absolute atomic E-state index is 0.00753. The average molecular weight is 395 g/mol. The molecule has 29 heavy (non-hydrogen) atoms. The van der Waals surface area contributed by atoms with Crippen molar-refractivity contribution in [3.05, 3.63) is 70.8 Å². The van der Waals surface area contributed by atoms with E-state index >= 15 is 0 Å². The Hall–Kier alpha value is -2.62. The molecule has 0 unspecified atom stereocenters. The van der Waals surface area contributed by atoms with Crippen molar-refractivity contribution < 1.29 is 9.59 Å². The van der Waals surface area contributed by atoms with Crippen LogP contribution in [0.4, 0.5) is 0 Å². The largest absolute Gasteiger partial charge is 0.354 e. The molecule has 1 atom stereocenters. The van der Waals surface area contributed by atoms with Gasteiger partial charge in [0.05, 0.1) is 6.42 Å². The zero-order chi connectivity index (χ0) is 21.2. The van der Waals surface area contributed by atoms with Crippen molar-refractivity contribution >= 4 is 11.8 Å². The van der Waals surface area contributed by atoms with Gasteiger partial charge in [-0.3, -0.25) is 9.59 Å². The van der Waals surface area contributed by atoms with Gasteiger partial charge in [0.1, 0.15) is 6.04 Å². The summed E-state index contributed by atoms with van der Waals surface area (Å²) in [5.74, 6) is -0.0511. The Morgan fingerprint density at radius 1 is 1.03 bits per heavy atom. The van der Waals surface area contributed by atoms with Crippen LogP contribution < -0.4 is 5.32 Å². The van der Waals surface area contributed by atoms with Crippen molar-refractivity contribution in [3.8, 4) is 0 Å². The normalized spacial score (nSPS) is 11.7. The monoisotopic (exact) mass is 394 g/mol. The Bertz CT molecular complexity index is 802. The fraction of sp³-hybridized carbons (Fsp3) is 0.440. The Morgan fingerprint density at radius 2 is 1.76 bits per heavy atom. The summed E-state index contributed by atoms with van der Waals surface area (Å²) in [6.07, 6.45) is 2.53. The van der Waals surface area contributed by atoms with E-state index in [4.69, 9.17) is 0 Å². The van der Waals surface area contributed by atoms with Gasteiger partial charge >= 0.3 is 0 Å². The summed E-state index contributed by atoms with van der Waals surface area (Å²) in [7, 11) is 0. The van der Waals surface area contributed by atoms with Crippen molar-refractivity contribution in [2.24, 2.45) is 0 Å². The average Bonchev–Trinajstić information content (AvgIpc) is 2.72. The molecule has 2 amide bonds. The minimum atomic E-state index is -0.442. The molecule has 4 nitrogen and oxygen atoms in total. The van der Waals surface area contributed by atoms with Crippen LogP contribution in [0.25, 0.3) is 0 Å². The third-order valence-electron chi connectivity index (χ3n) is 5.27. The van der Waals surface area contributed by atoms with Crippen LogP contribution in [-0.4, -0.2) is 35.8 Å². The molecule has 0 saturated heterocycles. The summed E-state index contributed by atoms with van der Waals surface area (Å²) in [4.78, 5) is 27.9.